The molecule has 1 N–H and O–H groups in total. The average Bonchev–Trinajstić information content (AvgIpc) is 2.55. The van der Waals surface area contributed by atoms with Gasteiger partial charge in [-0.3, -0.25) is 4.79 Å². The number of nitrogens with one attached hydrogen (secondary N) is 1. The van der Waals surface area contributed by atoms with Crippen LogP contribution >= 0.6 is 23.2 Å². The van der Waals surface area contributed by atoms with Gasteiger partial charge >= 0.3 is 0 Å². The Hall–Kier alpha value is -1.76. The van der Waals surface area contributed by atoms with Crippen molar-refractivity contribution < 1.29 is 17.9 Å². The molecule has 0 unspecified atom stereocenters. The van der Waals surface area contributed by atoms with Crippen LogP contribution in [0.1, 0.15) is 6.42 Å². The van der Waals surface area contributed by atoms with Crippen LogP contribution in [0.15, 0.2) is 47.4 Å². The van der Waals surface area contributed by atoms with Crippen molar-refractivity contribution in [2.75, 3.05) is 18.2 Å². The van der Waals surface area contributed by atoms with Crippen molar-refractivity contribution in [3.8, 4) is 5.75 Å². The van der Waals surface area contributed by atoms with Gasteiger partial charge in [-0.05, 0) is 42.5 Å². The van der Waals surface area contributed by atoms with Gasteiger partial charge in [0, 0.05) is 17.1 Å². The van der Waals surface area contributed by atoms with Gasteiger partial charge < -0.3 is 10.1 Å². The van der Waals surface area contributed by atoms with Crippen LogP contribution in [-0.4, -0.2) is 27.2 Å². The van der Waals surface area contributed by atoms with Crippen LogP contribution in [0.4, 0.5) is 5.69 Å². The third kappa shape index (κ3) is 4.87. The first-order valence-electron chi connectivity index (χ1n) is 6.93. The third-order valence-corrected chi connectivity index (χ3v) is 5.47. The highest BCUT2D eigenvalue weighted by atomic mass is 35.5. The van der Waals surface area contributed by atoms with E-state index in [9.17, 15) is 13.2 Å². The van der Waals surface area contributed by atoms with Crippen molar-refractivity contribution in [1.29, 1.82) is 0 Å². The molecule has 0 saturated carbocycles. The molecule has 0 atom stereocenters. The summed E-state index contributed by atoms with van der Waals surface area (Å²) < 4.78 is 29.6. The molecule has 5 nitrogen and oxygen atoms in total. The fourth-order valence-electron chi connectivity index (χ4n) is 1.94. The minimum Gasteiger partial charge on any atom is -0.495 e. The molecule has 0 saturated heterocycles. The Morgan fingerprint density at radius 2 is 1.79 bits per heavy atom. The van der Waals surface area contributed by atoms with Gasteiger partial charge in [-0.15, -0.1) is 0 Å². The van der Waals surface area contributed by atoms with Crippen molar-refractivity contribution in [3.05, 3.63) is 52.5 Å². The number of rotatable bonds is 6. The number of benzene rings is 2. The van der Waals surface area contributed by atoms with Crippen molar-refractivity contribution in [1.82, 2.24) is 0 Å². The largest absolute Gasteiger partial charge is 0.495 e. The molecule has 0 heterocycles. The molecule has 0 aromatic heterocycles. The summed E-state index contributed by atoms with van der Waals surface area (Å²) in [5, 5.41) is 3.36. The fraction of sp³-hybridized carbons (Fsp3) is 0.188. The predicted octanol–water partition coefficient (Wildman–Crippen LogP) is 3.80. The fourth-order valence-corrected chi connectivity index (χ4v) is 3.65. The zero-order valence-electron chi connectivity index (χ0n) is 12.8. The lowest BCUT2D eigenvalue weighted by Crippen LogP contribution is -2.17. The minimum absolute atomic E-state index is 0.0487. The number of anilines is 1. The van der Waals surface area contributed by atoms with E-state index in [-0.39, 0.29) is 22.1 Å². The highest BCUT2D eigenvalue weighted by Crippen LogP contribution is 2.27. The van der Waals surface area contributed by atoms with Gasteiger partial charge in [0.2, 0.25) is 5.91 Å². The second-order valence-corrected chi connectivity index (χ2v) is 7.87. The molecule has 0 aliphatic heterocycles. The SMILES string of the molecule is COc1ccc(S(=O)(=O)CCC(=O)Nc2ccc(Cl)cc2)cc1Cl. The summed E-state index contributed by atoms with van der Waals surface area (Å²) in [4.78, 5) is 11.9. The van der Waals surface area contributed by atoms with E-state index in [0.717, 1.165) is 0 Å². The maximum Gasteiger partial charge on any atom is 0.225 e. The maximum atomic E-state index is 12.3. The summed E-state index contributed by atoms with van der Waals surface area (Å²) in [6, 6.07) is 10.7. The molecule has 2 aromatic rings. The molecule has 128 valence electrons. The molecule has 2 aromatic carbocycles. The number of carbonyl (C=O) groups excluding carboxylic acids is 1. The third-order valence-electron chi connectivity index (χ3n) is 3.21. The van der Waals surface area contributed by atoms with Crippen LogP contribution in [-0.2, 0) is 14.6 Å². The Labute approximate surface area is 150 Å². The number of hydrogen-bond donors (Lipinski definition) is 1. The molecule has 0 radical (unpaired) electrons. The molecule has 2 rings (SSSR count). The Balaban J connectivity index is 2.00. The summed E-state index contributed by atoms with van der Waals surface area (Å²) in [6.45, 7) is 0. The topological polar surface area (TPSA) is 72.5 Å². The first-order chi connectivity index (χ1) is 11.3. The first-order valence-corrected chi connectivity index (χ1v) is 9.34. The number of carbonyl (C=O) groups is 1. The van der Waals surface area contributed by atoms with E-state index in [1.165, 1.54) is 25.3 Å². The van der Waals surface area contributed by atoms with E-state index < -0.39 is 15.7 Å². The Morgan fingerprint density at radius 3 is 2.38 bits per heavy atom. The van der Waals surface area contributed by atoms with Crippen LogP contribution in [0.3, 0.4) is 0 Å². The van der Waals surface area contributed by atoms with Crippen LogP contribution in [0.5, 0.6) is 5.75 Å². The molecular weight excluding hydrogens is 373 g/mol. The molecule has 0 aliphatic rings. The number of methoxy groups -OCH3 is 1. The zero-order valence-corrected chi connectivity index (χ0v) is 15.1. The van der Waals surface area contributed by atoms with Gasteiger partial charge in [0.15, 0.2) is 9.84 Å². The zero-order chi connectivity index (χ0) is 17.7. The predicted molar refractivity (Wildman–Crippen MR) is 94.8 cm³/mol. The summed E-state index contributed by atoms with van der Waals surface area (Å²) in [6.07, 6.45) is -0.172. The Kier molecular flexibility index (Phi) is 6.10. The molecule has 0 bridgehead atoms. The molecule has 8 heteroatoms. The average molecular weight is 388 g/mol. The number of amides is 1. The summed E-state index contributed by atoms with van der Waals surface area (Å²) >= 11 is 11.7. The quantitative estimate of drug-likeness (QED) is 0.817. The standard InChI is InChI=1S/C16H15Cl2NO4S/c1-23-15-7-6-13(10-14(15)18)24(21,22)9-8-16(20)19-12-4-2-11(17)3-5-12/h2-7,10H,8-9H2,1H3,(H,19,20). The summed E-state index contributed by atoms with van der Waals surface area (Å²) in [7, 11) is -2.18. The Morgan fingerprint density at radius 1 is 1.12 bits per heavy atom. The van der Waals surface area contributed by atoms with Crippen LogP contribution < -0.4 is 10.1 Å². The van der Waals surface area contributed by atoms with Gasteiger partial charge in [-0.25, -0.2) is 8.42 Å². The number of halogens is 2. The molecule has 0 fully saturated rings. The lowest BCUT2D eigenvalue weighted by molar-refractivity contribution is -0.115. The molecule has 1 amide bonds. The van der Waals surface area contributed by atoms with E-state index in [0.29, 0.717) is 16.5 Å². The highest BCUT2D eigenvalue weighted by Gasteiger charge is 2.18. The van der Waals surface area contributed by atoms with Crippen molar-refractivity contribution in [2.45, 2.75) is 11.3 Å². The highest BCUT2D eigenvalue weighted by molar-refractivity contribution is 7.91. The summed E-state index contributed by atoms with van der Waals surface area (Å²) in [5.74, 6) is -0.341. The van der Waals surface area contributed by atoms with Crippen molar-refractivity contribution in [3.63, 3.8) is 0 Å². The van der Waals surface area contributed by atoms with Gasteiger partial charge in [-0.1, -0.05) is 23.2 Å². The van der Waals surface area contributed by atoms with Crippen molar-refractivity contribution in [2.24, 2.45) is 0 Å². The van der Waals surface area contributed by atoms with E-state index >= 15 is 0 Å². The maximum absolute atomic E-state index is 12.3. The minimum atomic E-state index is -3.62. The van der Waals surface area contributed by atoms with Crippen LogP contribution in [0.25, 0.3) is 0 Å². The monoisotopic (exact) mass is 387 g/mol. The number of ether oxygens (including phenoxy) is 1. The molecular formula is C16H15Cl2NO4S. The number of hydrogen-bond acceptors (Lipinski definition) is 4. The first kappa shape index (κ1) is 18.6. The van der Waals surface area contributed by atoms with Crippen LogP contribution in [0, 0.1) is 0 Å². The smallest absolute Gasteiger partial charge is 0.225 e. The lowest BCUT2D eigenvalue weighted by Gasteiger charge is -2.08. The molecule has 24 heavy (non-hydrogen) atoms. The van der Waals surface area contributed by atoms with E-state index in [4.69, 9.17) is 27.9 Å². The second kappa shape index (κ2) is 7.88. The van der Waals surface area contributed by atoms with Crippen molar-refractivity contribution >= 4 is 44.6 Å². The number of sulfone groups is 1. The van der Waals surface area contributed by atoms with Gasteiger partial charge in [-0.2, -0.15) is 0 Å². The van der Waals surface area contributed by atoms with E-state index in [2.05, 4.69) is 5.32 Å². The molecule has 0 spiro atoms. The van der Waals surface area contributed by atoms with E-state index in [1.54, 1.807) is 24.3 Å². The van der Waals surface area contributed by atoms with Gasteiger partial charge in [0.1, 0.15) is 5.75 Å². The molecule has 0 aliphatic carbocycles. The van der Waals surface area contributed by atoms with Gasteiger partial charge in [0.05, 0.1) is 22.8 Å². The van der Waals surface area contributed by atoms with Gasteiger partial charge in [0.25, 0.3) is 0 Å². The van der Waals surface area contributed by atoms with E-state index in [1.807, 2.05) is 0 Å². The normalized spacial score (nSPS) is 11.1. The second-order valence-electron chi connectivity index (χ2n) is 4.92. The van der Waals surface area contributed by atoms with Crippen LogP contribution in [0.2, 0.25) is 10.0 Å². The lowest BCUT2D eigenvalue weighted by atomic mass is 10.3. The Bertz CT molecular complexity index is 836. The summed E-state index contributed by atoms with van der Waals surface area (Å²) in [5.41, 5.74) is 0.550.